The van der Waals surface area contributed by atoms with Gasteiger partial charge in [0.25, 0.3) is 0 Å². The van der Waals surface area contributed by atoms with Crippen molar-refractivity contribution in [2.45, 2.75) is 31.7 Å². The molecular formula is C12H18FN3O2. The quantitative estimate of drug-likeness (QED) is 0.844. The van der Waals surface area contributed by atoms with Crippen LogP contribution in [0.4, 0.5) is 10.2 Å². The summed E-state index contributed by atoms with van der Waals surface area (Å²) in [6.45, 7) is 2.88. The van der Waals surface area contributed by atoms with Gasteiger partial charge in [-0.15, -0.1) is 0 Å². The van der Waals surface area contributed by atoms with Gasteiger partial charge in [-0.1, -0.05) is 6.92 Å². The number of rotatable bonds is 4. The van der Waals surface area contributed by atoms with Crippen molar-refractivity contribution in [1.82, 2.24) is 9.97 Å². The van der Waals surface area contributed by atoms with Gasteiger partial charge in [-0.3, -0.25) is 0 Å². The lowest BCUT2D eigenvalue weighted by Gasteiger charge is -2.36. The predicted octanol–water partition coefficient (Wildman–Crippen LogP) is 1.13. The molecule has 1 saturated heterocycles. The van der Waals surface area contributed by atoms with Crippen LogP contribution >= 0.6 is 0 Å². The van der Waals surface area contributed by atoms with E-state index in [1.54, 1.807) is 0 Å². The summed E-state index contributed by atoms with van der Waals surface area (Å²) >= 11 is 0. The highest BCUT2D eigenvalue weighted by atomic mass is 19.1. The molecule has 1 aromatic rings. The number of nitrogens with zero attached hydrogens (tertiary/aromatic N) is 2. The maximum Gasteiger partial charge on any atom is 0.186 e. The van der Waals surface area contributed by atoms with E-state index in [2.05, 4.69) is 15.3 Å². The topological polar surface area (TPSA) is 67.3 Å². The molecule has 0 radical (unpaired) electrons. The number of anilines is 1. The van der Waals surface area contributed by atoms with Crippen molar-refractivity contribution in [3.8, 4) is 0 Å². The number of aliphatic hydroxyl groups excluding tert-OH is 1. The Kier molecular flexibility index (Phi) is 4.08. The van der Waals surface area contributed by atoms with Crippen molar-refractivity contribution in [2.75, 3.05) is 25.1 Å². The summed E-state index contributed by atoms with van der Waals surface area (Å²) in [5.74, 6) is -0.267. The molecule has 0 unspecified atom stereocenters. The van der Waals surface area contributed by atoms with Gasteiger partial charge in [0.1, 0.15) is 6.33 Å². The summed E-state index contributed by atoms with van der Waals surface area (Å²) in [5.41, 5.74) is -0.161. The van der Waals surface area contributed by atoms with E-state index in [0.29, 0.717) is 38.2 Å². The zero-order chi connectivity index (χ0) is 13.0. The summed E-state index contributed by atoms with van der Waals surface area (Å²) in [7, 11) is 0. The minimum atomic E-state index is -0.543. The minimum Gasteiger partial charge on any atom is -0.394 e. The number of halogens is 1. The molecule has 0 spiro atoms. The van der Waals surface area contributed by atoms with Gasteiger partial charge in [0.05, 0.1) is 17.8 Å². The van der Waals surface area contributed by atoms with Gasteiger partial charge in [0.2, 0.25) is 0 Å². The summed E-state index contributed by atoms with van der Waals surface area (Å²) in [5, 5.41) is 12.6. The molecule has 0 saturated carbocycles. The summed E-state index contributed by atoms with van der Waals surface area (Å²) in [6, 6.07) is 0. The SMILES string of the molecule is CCc1ncnc(NC2(CO)CCOCC2)c1F. The fourth-order valence-corrected chi connectivity index (χ4v) is 2.08. The van der Waals surface area contributed by atoms with Crippen LogP contribution in [0.1, 0.15) is 25.5 Å². The first-order chi connectivity index (χ1) is 8.71. The lowest BCUT2D eigenvalue weighted by atomic mass is 9.91. The fourth-order valence-electron chi connectivity index (χ4n) is 2.08. The number of nitrogens with one attached hydrogen (secondary N) is 1. The van der Waals surface area contributed by atoms with E-state index in [1.165, 1.54) is 6.33 Å². The van der Waals surface area contributed by atoms with Crippen LogP contribution in [0.5, 0.6) is 0 Å². The molecule has 5 nitrogen and oxygen atoms in total. The van der Waals surface area contributed by atoms with E-state index in [0.717, 1.165) is 0 Å². The van der Waals surface area contributed by atoms with Crippen LogP contribution in [0.2, 0.25) is 0 Å². The predicted molar refractivity (Wildman–Crippen MR) is 64.9 cm³/mol. The average molecular weight is 255 g/mol. The van der Waals surface area contributed by atoms with Gasteiger partial charge < -0.3 is 15.2 Å². The average Bonchev–Trinajstić information content (AvgIpc) is 2.42. The molecule has 0 amide bonds. The first-order valence-electron chi connectivity index (χ1n) is 6.17. The molecule has 0 aromatic carbocycles. The lowest BCUT2D eigenvalue weighted by molar-refractivity contribution is 0.0377. The lowest BCUT2D eigenvalue weighted by Crippen LogP contribution is -2.47. The van der Waals surface area contributed by atoms with E-state index in [4.69, 9.17) is 4.74 Å². The second-order valence-corrected chi connectivity index (χ2v) is 4.51. The van der Waals surface area contributed by atoms with Gasteiger partial charge in [0.15, 0.2) is 11.6 Å². The molecule has 1 fully saturated rings. The second-order valence-electron chi connectivity index (χ2n) is 4.51. The molecule has 2 rings (SSSR count). The first kappa shape index (κ1) is 13.2. The molecular weight excluding hydrogens is 237 g/mol. The zero-order valence-corrected chi connectivity index (χ0v) is 10.4. The van der Waals surface area contributed by atoms with Crippen LogP contribution in [-0.4, -0.2) is 40.4 Å². The Balaban J connectivity index is 2.21. The van der Waals surface area contributed by atoms with Crippen molar-refractivity contribution >= 4 is 5.82 Å². The van der Waals surface area contributed by atoms with E-state index < -0.39 is 11.4 Å². The van der Waals surface area contributed by atoms with Crippen molar-refractivity contribution in [3.05, 3.63) is 17.8 Å². The van der Waals surface area contributed by atoms with Crippen LogP contribution < -0.4 is 5.32 Å². The van der Waals surface area contributed by atoms with Gasteiger partial charge >= 0.3 is 0 Å². The third kappa shape index (κ3) is 2.59. The van der Waals surface area contributed by atoms with E-state index in [-0.39, 0.29) is 12.4 Å². The third-order valence-corrected chi connectivity index (χ3v) is 3.33. The van der Waals surface area contributed by atoms with Crippen molar-refractivity contribution in [2.24, 2.45) is 0 Å². The number of ether oxygens (including phenoxy) is 1. The maximum absolute atomic E-state index is 14.0. The molecule has 0 atom stereocenters. The molecule has 0 aliphatic carbocycles. The molecule has 1 aliphatic heterocycles. The Hall–Kier alpha value is -1.27. The Labute approximate surface area is 105 Å². The molecule has 2 N–H and O–H groups in total. The standard InChI is InChI=1S/C12H18FN3O2/c1-2-9-10(13)11(15-8-14-9)16-12(7-17)3-5-18-6-4-12/h8,17H,2-7H2,1H3,(H,14,15,16). The number of hydrogen-bond donors (Lipinski definition) is 2. The summed E-state index contributed by atoms with van der Waals surface area (Å²) in [6.07, 6.45) is 3.12. The van der Waals surface area contributed by atoms with E-state index in [9.17, 15) is 9.50 Å². The Morgan fingerprint density at radius 1 is 1.44 bits per heavy atom. The highest BCUT2D eigenvalue weighted by molar-refractivity contribution is 5.40. The van der Waals surface area contributed by atoms with Gasteiger partial charge in [-0.05, 0) is 19.3 Å². The Bertz CT molecular complexity index is 408. The van der Waals surface area contributed by atoms with Crippen LogP contribution in [-0.2, 0) is 11.2 Å². The third-order valence-electron chi connectivity index (χ3n) is 3.33. The molecule has 0 bridgehead atoms. The van der Waals surface area contributed by atoms with Gasteiger partial charge in [-0.25, -0.2) is 14.4 Å². The van der Waals surface area contributed by atoms with Crippen LogP contribution in [0.25, 0.3) is 0 Å². The molecule has 18 heavy (non-hydrogen) atoms. The number of aliphatic hydroxyl groups is 1. The van der Waals surface area contributed by atoms with Gasteiger partial charge in [0, 0.05) is 13.2 Å². The molecule has 100 valence electrons. The van der Waals surface area contributed by atoms with Crippen LogP contribution in [0.15, 0.2) is 6.33 Å². The van der Waals surface area contributed by atoms with Gasteiger partial charge in [-0.2, -0.15) is 0 Å². The number of aryl methyl sites for hydroxylation is 1. The van der Waals surface area contributed by atoms with E-state index in [1.807, 2.05) is 6.92 Å². The highest BCUT2D eigenvalue weighted by Crippen LogP contribution is 2.26. The second kappa shape index (κ2) is 5.58. The Morgan fingerprint density at radius 3 is 2.78 bits per heavy atom. The van der Waals surface area contributed by atoms with Crippen LogP contribution in [0, 0.1) is 5.82 Å². The zero-order valence-electron chi connectivity index (χ0n) is 10.4. The molecule has 1 aromatic heterocycles. The molecule has 1 aliphatic rings. The molecule has 6 heteroatoms. The maximum atomic E-state index is 14.0. The minimum absolute atomic E-state index is 0.0682. The Morgan fingerprint density at radius 2 is 2.17 bits per heavy atom. The smallest absolute Gasteiger partial charge is 0.186 e. The highest BCUT2D eigenvalue weighted by Gasteiger charge is 2.33. The van der Waals surface area contributed by atoms with Crippen molar-refractivity contribution in [3.63, 3.8) is 0 Å². The molecule has 2 heterocycles. The fraction of sp³-hybridized carbons (Fsp3) is 0.667. The van der Waals surface area contributed by atoms with Crippen molar-refractivity contribution < 1.29 is 14.2 Å². The first-order valence-corrected chi connectivity index (χ1v) is 6.17. The normalized spacial score (nSPS) is 18.6. The van der Waals surface area contributed by atoms with Crippen LogP contribution in [0.3, 0.4) is 0 Å². The van der Waals surface area contributed by atoms with E-state index >= 15 is 0 Å². The summed E-state index contributed by atoms with van der Waals surface area (Å²) in [4.78, 5) is 7.81. The largest absolute Gasteiger partial charge is 0.394 e. The monoisotopic (exact) mass is 255 g/mol. The van der Waals surface area contributed by atoms with Crippen molar-refractivity contribution in [1.29, 1.82) is 0 Å². The summed E-state index contributed by atoms with van der Waals surface area (Å²) < 4.78 is 19.3. The number of hydrogen-bond acceptors (Lipinski definition) is 5. The number of aromatic nitrogens is 2.